The van der Waals surface area contributed by atoms with Gasteiger partial charge in [0, 0.05) is 12.2 Å². The summed E-state index contributed by atoms with van der Waals surface area (Å²) in [7, 11) is 0. The molecule has 2 aromatic rings. The van der Waals surface area contributed by atoms with Crippen LogP contribution < -0.4 is 11.1 Å². The molecule has 0 unspecified atom stereocenters. The molecule has 4 nitrogen and oxygen atoms in total. The lowest BCUT2D eigenvalue weighted by molar-refractivity contribution is 0.605. The largest absolute Gasteiger partial charge is 0.394 e. The first-order chi connectivity index (χ1) is 9.01. The number of aryl methyl sites for hydroxylation is 4. The van der Waals surface area contributed by atoms with Crippen molar-refractivity contribution in [2.75, 3.05) is 11.1 Å². The topological polar surface area (TPSA) is 55.9 Å². The summed E-state index contributed by atoms with van der Waals surface area (Å²) in [6.45, 7) is 9.12. The molecule has 1 heterocycles. The maximum Gasteiger partial charge on any atom is 0.152 e. The second-order valence-corrected chi connectivity index (χ2v) is 5.07. The van der Waals surface area contributed by atoms with Crippen molar-refractivity contribution in [1.29, 1.82) is 0 Å². The summed E-state index contributed by atoms with van der Waals surface area (Å²) in [6.07, 6.45) is 1.03. The van der Waals surface area contributed by atoms with Gasteiger partial charge in [0.2, 0.25) is 0 Å². The highest BCUT2D eigenvalue weighted by Gasteiger charge is 2.12. The fourth-order valence-electron chi connectivity index (χ4n) is 2.28. The number of hydrogen-bond acceptors (Lipinski definition) is 3. The second-order valence-electron chi connectivity index (χ2n) is 5.07. The first kappa shape index (κ1) is 13.5. The number of benzene rings is 1. The number of aromatic nitrogens is 2. The number of rotatable bonds is 4. The minimum Gasteiger partial charge on any atom is -0.394 e. The fraction of sp³-hybridized carbons (Fsp3) is 0.400. The van der Waals surface area contributed by atoms with Crippen LogP contribution in [-0.4, -0.2) is 9.78 Å². The van der Waals surface area contributed by atoms with Crippen molar-refractivity contribution < 1.29 is 0 Å². The lowest BCUT2D eigenvalue weighted by atomic mass is 10.1. The summed E-state index contributed by atoms with van der Waals surface area (Å²) in [4.78, 5) is 0. The highest BCUT2D eigenvalue weighted by Crippen LogP contribution is 2.27. The maximum atomic E-state index is 6.11. The van der Waals surface area contributed by atoms with Crippen molar-refractivity contribution in [1.82, 2.24) is 9.78 Å². The zero-order valence-corrected chi connectivity index (χ0v) is 12.1. The molecule has 19 heavy (non-hydrogen) atoms. The van der Waals surface area contributed by atoms with E-state index in [0.29, 0.717) is 0 Å². The Morgan fingerprint density at radius 1 is 1.16 bits per heavy atom. The first-order valence-corrected chi connectivity index (χ1v) is 6.69. The van der Waals surface area contributed by atoms with Crippen LogP contribution in [0, 0.1) is 20.8 Å². The lowest BCUT2D eigenvalue weighted by Gasteiger charge is -2.11. The van der Waals surface area contributed by atoms with Gasteiger partial charge in [-0.3, -0.25) is 0 Å². The van der Waals surface area contributed by atoms with Crippen molar-refractivity contribution >= 4 is 17.2 Å². The zero-order chi connectivity index (χ0) is 14.0. The van der Waals surface area contributed by atoms with Crippen LogP contribution in [0.1, 0.15) is 30.2 Å². The Hall–Kier alpha value is -1.97. The molecule has 102 valence electrons. The summed E-state index contributed by atoms with van der Waals surface area (Å²) in [5.74, 6) is 0.893. The van der Waals surface area contributed by atoms with Gasteiger partial charge in [0.15, 0.2) is 5.82 Å². The predicted octanol–water partition coefficient (Wildman–Crippen LogP) is 3.54. The van der Waals surface area contributed by atoms with Gasteiger partial charge >= 0.3 is 0 Å². The number of nitrogens with one attached hydrogen (secondary N) is 1. The number of nitrogen functional groups attached to an aromatic ring is 1. The molecule has 0 aliphatic rings. The van der Waals surface area contributed by atoms with E-state index in [4.69, 9.17) is 5.73 Å². The van der Waals surface area contributed by atoms with Gasteiger partial charge in [0.05, 0.1) is 11.4 Å². The molecule has 4 heteroatoms. The maximum absolute atomic E-state index is 6.11. The van der Waals surface area contributed by atoms with Crippen molar-refractivity contribution in [2.45, 2.75) is 40.7 Å². The van der Waals surface area contributed by atoms with Crippen molar-refractivity contribution in [3.63, 3.8) is 0 Å². The molecule has 0 saturated carbocycles. The van der Waals surface area contributed by atoms with Gasteiger partial charge in [-0.1, -0.05) is 13.0 Å². The number of hydrogen-bond donors (Lipinski definition) is 2. The Labute approximate surface area is 114 Å². The highest BCUT2D eigenvalue weighted by molar-refractivity contribution is 5.71. The molecular weight excluding hydrogens is 236 g/mol. The Kier molecular flexibility index (Phi) is 3.79. The molecule has 0 atom stereocenters. The molecule has 2 rings (SSSR count). The van der Waals surface area contributed by atoms with Crippen LogP contribution in [0.2, 0.25) is 0 Å². The van der Waals surface area contributed by atoms with Crippen LogP contribution >= 0.6 is 0 Å². The SMILES string of the molecule is CCCn1nc(C)c(N)c1Nc1cc(C)cc(C)c1. The van der Waals surface area contributed by atoms with E-state index in [2.05, 4.69) is 49.4 Å². The average Bonchev–Trinajstić information content (AvgIpc) is 2.56. The number of anilines is 3. The van der Waals surface area contributed by atoms with Gasteiger partial charge in [-0.05, 0) is 50.5 Å². The molecule has 3 N–H and O–H groups in total. The molecule has 0 saturated heterocycles. The summed E-state index contributed by atoms with van der Waals surface area (Å²) < 4.78 is 1.95. The van der Waals surface area contributed by atoms with Crippen molar-refractivity contribution in [2.24, 2.45) is 0 Å². The van der Waals surface area contributed by atoms with Crippen molar-refractivity contribution in [3.8, 4) is 0 Å². The van der Waals surface area contributed by atoms with Gasteiger partial charge in [-0.25, -0.2) is 4.68 Å². The third kappa shape index (κ3) is 2.89. The molecule has 0 aliphatic heterocycles. The first-order valence-electron chi connectivity index (χ1n) is 6.69. The Balaban J connectivity index is 2.36. The summed E-state index contributed by atoms with van der Waals surface area (Å²) in [6, 6.07) is 6.39. The normalized spacial score (nSPS) is 10.7. The van der Waals surface area contributed by atoms with Crippen molar-refractivity contribution in [3.05, 3.63) is 35.0 Å². The van der Waals surface area contributed by atoms with E-state index in [0.717, 1.165) is 35.9 Å². The smallest absolute Gasteiger partial charge is 0.152 e. The molecule has 0 fully saturated rings. The third-order valence-corrected chi connectivity index (χ3v) is 3.09. The van der Waals surface area contributed by atoms with E-state index < -0.39 is 0 Å². The molecule has 0 amide bonds. The summed E-state index contributed by atoms with van der Waals surface area (Å²) >= 11 is 0. The molecule has 1 aromatic heterocycles. The van der Waals surface area contributed by atoms with Crippen LogP contribution in [0.4, 0.5) is 17.2 Å². The van der Waals surface area contributed by atoms with Gasteiger partial charge in [-0.2, -0.15) is 5.10 Å². The number of nitrogens with zero attached hydrogens (tertiary/aromatic N) is 2. The van der Waals surface area contributed by atoms with Gasteiger partial charge in [-0.15, -0.1) is 0 Å². The molecule has 0 spiro atoms. The monoisotopic (exact) mass is 258 g/mol. The number of nitrogens with two attached hydrogens (primary N) is 1. The molecule has 0 radical (unpaired) electrons. The van der Waals surface area contributed by atoms with E-state index >= 15 is 0 Å². The zero-order valence-electron chi connectivity index (χ0n) is 12.1. The van der Waals surface area contributed by atoms with Crippen LogP contribution in [0.15, 0.2) is 18.2 Å². The minimum atomic E-state index is 0.729. The molecule has 0 bridgehead atoms. The van der Waals surface area contributed by atoms with Crippen LogP contribution in [0.5, 0.6) is 0 Å². The molecular formula is C15H22N4. The standard InChI is InChI=1S/C15H22N4/c1-5-6-19-15(14(16)12(4)18-19)17-13-8-10(2)7-11(3)9-13/h7-9,17H,5-6,16H2,1-4H3. The van der Waals surface area contributed by atoms with E-state index in [1.807, 2.05) is 11.6 Å². The van der Waals surface area contributed by atoms with E-state index in [1.165, 1.54) is 11.1 Å². The lowest BCUT2D eigenvalue weighted by Crippen LogP contribution is -2.06. The van der Waals surface area contributed by atoms with E-state index in [9.17, 15) is 0 Å². The minimum absolute atomic E-state index is 0.729. The van der Waals surface area contributed by atoms with Gasteiger partial charge < -0.3 is 11.1 Å². The molecule has 0 aliphatic carbocycles. The Morgan fingerprint density at radius 3 is 2.37 bits per heavy atom. The summed E-state index contributed by atoms with van der Waals surface area (Å²) in [5.41, 5.74) is 11.2. The molecule has 1 aromatic carbocycles. The Bertz CT molecular complexity index is 564. The van der Waals surface area contributed by atoms with E-state index in [-0.39, 0.29) is 0 Å². The Morgan fingerprint density at radius 2 is 1.79 bits per heavy atom. The quantitative estimate of drug-likeness (QED) is 0.881. The van der Waals surface area contributed by atoms with Gasteiger partial charge in [0.25, 0.3) is 0 Å². The average molecular weight is 258 g/mol. The van der Waals surface area contributed by atoms with E-state index in [1.54, 1.807) is 0 Å². The highest BCUT2D eigenvalue weighted by atomic mass is 15.3. The van der Waals surface area contributed by atoms with Gasteiger partial charge in [0.1, 0.15) is 0 Å². The summed E-state index contributed by atoms with van der Waals surface area (Å²) in [5, 5.41) is 7.87. The predicted molar refractivity (Wildman–Crippen MR) is 80.9 cm³/mol. The third-order valence-electron chi connectivity index (χ3n) is 3.09. The van der Waals surface area contributed by atoms with Crippen LogP contribution in [0.3, 0.4) is 0 Å². The van der Waals surface area contributed by atoms with Crippen LogP contribution in [-0.2, 0) is 6.54 Å². The fourth-order valence-corrected chi connectivity index (χ4v) is 2.28. The van der Waals surface area contributed by atoms with Crippen LogP contribution in [0.25, 0.3) is 0 Å². The second kappa shape index (κ2) is 5.34.